The predicted octanol–water partition coefficient (Wildman–Crippen LogP) is 5.92. The average molecular weight is 313 g/mol. The maximum absolute atomic E-state index is 3.92. The maximum atomic E-state index is 3.92. The van der Waals surface area contributed by atoms with Gasteiger partial charge in [-0.1, -0.05) is 65.5 Å². The van der Waals surface area contributed by atoms with E-state index in [-0.39, 0.29) is 7.43 Å². The van der Waals surface area contributed by atoms with Gasteiger partial charge in [0.2, 0.25) is 0 Å². The van der Waals surface area contributed by atoms with Gasteiger partial charge in [-0.05, 0) is 47.8 Å². The van der Waals surface area contributed by atoms with Gasteiger partial charge in [-0.3, -0.25) is 0 Å². The molecule has 0 aliphatic heterocycles. The molecular weight excluding hydrogens is 280 g/mol. The molecule has 2 aromatic rings. The zero-order valence-electron chi connectivity index (χ0n) is 14.3. The molecule has 2 heteroatoms. The fourth-order valence-electron chi connectivity index (χ4n) is 2.82. The zero-order chi connectivity index (χ0) is 15.9. The molecule has 0 saturated carbocycles. The van der Waals surface area contributed by atoms with Crippen LogP contribution < -0.4 is 0 Å². The Labute approximate surface area is 142 Å². The van der Waals surface area contributed by atoms with Gasteiger partial charge in [-0.25, -0.2) is 4.98 Å². The molecule has 0 fully saturated rings. The van der Waals surface area contributed by atoms with Gasteiger partial charge in [0.05, 0.1) is 6.33 Å². The van der Waals surface area contributed by atoms with Crippen LogP contribution in [0.15, 0.2) is 42.9 Å². The summed E-state index contributed by atoms with van der Waals surface area (Å²) < 4.78 is 0. The molecule has 23 heavy (non-hydrogen) atoms. The van der Waals surface area contributed by atoms with Gasteiger partial charge < -0.3 is 4.98 Å². The number of hydrogen-bond donors (Lipinski definition) is 1. The predicted molar refractivity (Wildman–Crippen MR) is 101 cm³/mol. The Balaban J connectivity index is 0.000000235. The highest BCUT2D eigenvalue weighted by molar-refractivity contribution is 5.72. The Morgan fingerprint density at radius 1 is 1.04 bits per heavy atom. The molecule has 3 rings (SSSR count). The summed E-state index contributed by atoms with van der Waals surface area (Å²) in [4.78, 5) is 6.98. The van der Waals surface area contributed by atoms with Gasteiger partial charge in [-0.15, -0.1) is 0 Å². The number of nitrogens with zero attached hydrogens (tertiary/aromatic N) is 1. The molecule has 0 atom stereocenters. The van der Waals surface area contributed by atoms with Gasteiger partial charge >= 0.3 is 0 Å². The fourth-order valence-corrected chi connectivity index (χ4v) is 2.82. The molecule has 1 heterocycles. The first-order chi connectivity index (χ1) is 10.6. The molecule has 0 bridgehead atoms. The van der Waals surface area contributed by atoms with Gasteiger partial charge in [0, 0.05) is 11.9 Å². The van der Waals surface area contributed by atoms with E-state index >= 15 is 0 Å². The second-order valence-corrected chi connectivity index (χ2v) is 6.86. The number of benzene rings is 1. The largest absolute Gasteiger partial charge is 0.348 e. The summed E-state index contributed by atoms with van der Waals surface area (Å²) >= 11 is 0. The van der Waals surface area contributed by atoms with Gasteiger partial charge in [0.1, 0.15) is 0 Å². The number of nitrogens with one attached hydrogen (secondary N) is 1. The average Bonchev–Trinajstić information content (AvgIpc) is 3.09. The Morgan fingerprint density at radius 3 is 2.35 bits per heavy atom. The van der Waals surface area contributed by atoms with Crippen LogP contribution in [0.2, 0.25) is 0 Å². The lowest BCUT2D eigenvalue weighted by molar-refractivity contribution is 0.637. The van der Waals surface area contributed by atoms with E-state index in [4.69, 9.17) is 0 Å². The molecule has 1 N–H and O–H groups in total. The highest BCUT2D eigenvalue weighted by atomic mass is 14.9. The number of H-pyrrole nitrogens is 1. The van der Waals surface area contributed by atoms with Gasteiger partial charge in [0.15, 0.2) is 0 Å². The molecule has 1 aliphatic rings. The third-order valence-corrected chi connectivity index (χ3v) is 3.74. The zero-order valence-corrected chi connectivity index (χ0v) is 14.3. The van der Waals surface area contributed by atoms with E-state index in [0.29, 0.717) is 5.92 Å². The van der Waals surface area contributed by atoms with Crippen LogP contribution in [0.25, 0.3) is 5.57 Å². The maximum Gasteiger partial charge on any atom is 0.0921 e. The van der Waals surface area contributed by atoms with Crippen LogP contribution in [0.1, 0.15) is 58.4 Å². The number of hydrogen-bond acceptors (Lipinski definition) is 1. The van der Waals surface area contributed by atoms with Crippen molar-refractivity contribution in [1.29, 1.82) is 0 Å². The Morgan fingerprint density at radius 2 is 1.74 bits per heavy atom. The number of allylic oxidation sites excluding steroid dienone is 2. The lowest BCUT2D eigenvalue weighted by Crippen LogP contribution is -1.92. The first-order valence-corrected chi connectivity index (χ1v) is 8.30. The van der Waals surface area contributed by atoms with Crippen LogP contribution in [-0.4, -0.2) is 9.97 Å². The second-order valence-electron chi connectivity index (χ2n) is 6.86. The standard InChI is InChI=1S/C13H16.C7H12N2.CH4/c1-10(2)9-12-8-7-11-5-3-4-6-13(11)12;1-6(2)3-7-4-8-5-9-7;/h3-6,8,10H,7,9H2,1-2H3;4-6H,3H2,1-2H3,(H,8,9);1H4. The van der Waals surface area contributed by atoms with E-state index in [2.05, 4.69) is 68.0 Å². The molecule has 1 aliphatic carbocycles. The normalized spacial score (nSPS) is 12.3. The van der Waals surface area contributed by atoms with Gasteiger partial charge in [0.25, 0.3) is 0 Å². The van der Waals surface area contributed by atoms with E-state index in [1.807, 2.05) is 6.20 Å². The lowest BCUT2D eigenvalue weighted by Gasteiger charge is -2.07. The summed E-state index contributed by atoms with van der Waals surface area (Å²) in [6.07, 6.45) is 9.43. The van der Waals surface area contributed by atoms with Crippen molar-refractivity contribution in [2.45, 2.75) is 54.4 Å². The smallest absolute Gasteiger partial charge is 0.0921 e. The summed E-state index contributed by atoms with van der Waals surface area (Å²) in [5.74, 6) is 1.47. The third-order valence-electron chi connectivity index (χ3n) is 3.74. The van der Waals surface area contributed by atoms with Crippen molar-refractivity contribution >= 4 is 5.57 Å². The lowest BCUT2D eigenvalue weighted by atomic mass is 9.98. The topological polar surface area (TPSA) is 28.7 Å². The van der Waals surface area contributed by atoms with E-state index in [1.54, 1.807) is 11.9 Å². The van der Waals surface area contributed by atoms with Gasteiger partial charge in [-0.2, -0.15) is 0 Å². The van der Waals surface area contributed by atoms with E-state index < -0.39 is 0 Å². The summed E-state index contributed by atoms with van der Waals surface area (Å²) in [7, 11) is 0. The van der Waals surface area contributed by atoms with E-state index in [1.165, 1.54) is 23.2 Å². The summed E-state index contributed by atoms with van der Waals surface area (Å²) in [5, 5.41) is 0. The third kappa shape index (κ3) is 6.05. The van der Waals surface area contributed by atoms with Crippen LogP contribution in [-0.2, 0) is 12.8 Å². The number of imidazole rings is 1. The molecule has 2 nitrogen and oxygen atoms in total. The van der Waals surface area contributed by atoms with Crippen LogP contribution in [0.3, 0.4) is 0 Å². The quantitative estimate of drug-likeness (QED) is 0.746. The van der Waals surface area contributed by atoms with Crippen molar-refractivity contribution in [3.63, 3.8) is 0 Å². The van der Waals surface area contributed by atoms with Crippen molar-refractivity contribution in [1.82, 2.24) is 9.97 Å². The number of aromatic nitrogens is 2. The van der Waals surface area contributed by atoms with Crippen molar-refractivity contribution < 1.29 is 0 Å². The number of aromatic amines is 1. The highest BCUT2D eigenvalue weighted by Crippen LogP contribution is 2.31. The molecule has 0 amide bonds. The fraction of sp³-hybridized carbons (Fsp3) is 0.476. The van der Waals surface area contributed by atoms with Crippen LogP contribution in [0, 0.1) is 11.8 Å². The SMILES string of the molecule is C.CC(C)CC1=CCc2ccccc21.CC(C)Cc1cnc[nH]1. The number of fused-ring (bicyclic) bond motifs is 1. The Hall–Kier alpha value is -1.83. The van der Waals surface area contributed by atoms with Crippen molar-refractivity contribution in [2.24, 2.45) is 11.8 Å². The van der Waals surface area contributed by atoms with Crippen molar-refractivity contribution in [3.8, 4) is 0 Å². The first-order valence-electron chi connectivity index (χ1n) is 8.30. The highest BCUT2D eigenvalue weighted by Gasteiger charge is 2.13. The molecule has 0 spiro atoms. The van der Waals surface area contributed by atoms with Crippen LogP contribution in [0.4, 0.5) is 0 Å². The van der Waals surface area contributed by atoms with Crippen molar-refractivity contribution in [3.05, 3.63) is 59.7 Å². The van der Waals surface area contributed by atoms with Crippen LogP contribution in [0.5, 0.6) is 0 Å². The van der Waals surface area contributed by atoms with E-state index in [9.17, 15) is 0 Å². The molecular formula is C21H32N2. The minimum atomic E-state index is 0. The first kappa shape index (κ1) is 19.2. The molecule has 0 unspecified atom stereocenters. The Bertz CT molecular complexity index is 592. The van der Waals surface area contributed by atoms with Crippen LogP contribution >= 0.6 is 0 Å². The van der Waals surface area contributed by atoms with E-state index in [0.717, 1.165) is 18.8 Å². The summed E-state index contributed by atoms with van der Waals surface area (Å²) in [5.41, 5.74) is 5.75. The monoisotopic (exact) mass is 312 g/mol. The minimum Gasteiger partial charge on any atom is -0.348 e. The number of rotatable bonds is 4. The summed E-state index contributed by atoms with van der Waals surface area (Å²) in [6.45, 7) is 8.95. The molecule has 126 valence electrons. The minimum absolute atomic E-state index is 0. The van der Waals surface area contributed by atoms with Crippen molar-refractivity contribution in [2.75, 3.05) is 0 Å². The second kappa shape index (κ2) is 9.34. The molecule has 1 aromatic carbocycles. The Kier molecular flexibility index (Phi) is 7.80. The molecule has 0 saturated heterocycles. The molecule has 1 aromatic heterocycles. The molecule has 0 radical (unpaired) electrons. The summed E-state index contributed by atoms with van der Waals surface area (Å²) in [6, 6.07) is 8.75.